The molecule has 0 atom stereocenters. The highest BCUT2D eigenvalue weighted by Crippen LogP contribution is 2.33. The van der Waals surface area contributed by atoms with Crippen molar-refractivity contribution in [2.75, 3.05) is 22.8 Å². The lowest BCUT2D eigenvalue weighted by Crippen LogP contribution is -2.29. The molecule has 0 radical (unpaired) electrons. The summed E-state index contributed by atoms with van der Waals surface area (Å²) in [6.07, 6.45) is 3.81. The fourth-order valence-electron chi connectivity index (χ4n) is 3.91. The van der Waals surface area contributed by atoms with Crippen LogP contribution < -0.4 is 14.4 Å². The Morgan fingerprint density at radius 2 is 1.70 bits per heavy atom. The number of nitrogens with zero attached hydrogens (tertiary/aromatic N) is 1. The maximum Gasteiger partial charge on any atom is 0.264 e. The molecule has 3 aromatic rings. The van der Waals surface area contributed by atoms with Crippen molar-refractivity contribution in [3.05, 3.63) is 83.9 Å². The number of rotatable bonds is 9. The van der Waals surface area contributed by atoms with E-state index in [1.54, 1.807) is 30.3 Å². The van der Waals surface area contributed by atoms with Crippen LogP contribution in [0, 0.1) is 0 Å². The first-order chi connectivity index (χ1) is 16.0. The second kappa shape index (κ2) is 10.1. The highest BCUT2D eigenvalue weighted by atomic mass is 32.2. The lowest BCUT2D eigenvalue weighted by Gasteiger charge is -2.19. The Labute approximate surface area is 195 Å². The van der Waals surface area contributed by atoms with Gasteiger partial charge in [0.2, 0.25) is 0 Å². The van der Waals surface area contributed by atoms with Crippen LogP contribution in [0.5, 0.6) is 5.75 Å². The van der Waals surface area contributed by atoms with Crippen LogP contribution >= 0.6 is 0 Å². The first kappa shape index (κ1) is 22.9. The van der Waals surface area contributed by atoms with Crippen molar-refractivity contribution in [1.29, 1.82) is 0 Å². The summed E-state index contributed by atoms with van der Waals surface area (Å²) in [6.45, 7) is 3.11. The Hall–Kier alpha value is -3.32. The number of sulfonamides is 1. The number of nitrogens with one attached hydrogen (secondary N) is 1. The summed E-state index contributed by atoms with van der Waals surface area (Å²) in [7, 11) is -3.67. The van der Waals surface area contributed by atoms with Gasteiger partial charge in [-0.2, -0.15) is 0 Å². The number of fused-ring (bicyclic) bond motifs is 1. The van der Waals surface area contributed by atoms with Crippen molar-refractivity contribution >= 4 is 27.3 Å². The smallest absolute Gasteiger partial charge is 0.264 e. The summed E-state index contributed by atoms with van der Waals surface area (Å²) >= 11 is 0. The molecule has 1 aliphatic rings. The molecule has 33 heavy (non-hydrogen) atoms. The first-order valence-electron chi connectivity index (χ1n) is 11.2. The van der Waals surface area contributed by atoms with Gasteiger partial charge in [0.1, 0.15) is 5.75 Å². The van der Waals surface area contributed by atoms with E-state index < -0.39 is 10.0 Å². The van der Waals surface area contributed by atoms with Gasteiger partial charge in [-0.25, -0.2) is 8.42 Å². The zero-order valence-corrected chi connectivity index (χ0v) is 19.5. The highest BCUT2D eigenvalue weighted by molar-refractivity contribution is 7.92. The predicted molar refractivity (Wildman–Crippen MR) is 131 cm³/mol. The van der Waals surface area contributed by atoms with Crippen LogP contribution in [-0.4, -0.2) is 27.5 Å². The molecule has 1 aliphatic heterocycles. The van der Waals surface area contributed by atoms with Crippen molar-refractivity contribution in [3.8, 4) is 5.75 Å². The molecule has 0 unspecified atom stereocenters. The lowest BCUT2D eigenvalue weighted by atomic mass is 10.2. The van der Waals surface area contributed by atoms with Gasteiger partial charge in [0, 0.05) is 12.2 Å². The van der Waals surface area contributed by atoms with Crippen LogP contribution in [0.2, 0.25) is 0 Å². The van der Waals surface area contributed by atoms with Gasteiger partial charge in [0.15, 0.2) is 0 Å². The molecule has 0 fully saturated rings. The molecule has 6 nitrogen and oxygen atoms in total. The summed E-state index contributed by atoms with van der Waals surface area (Å²) in [4.78, 5) is 13.0. The lowest BCUT2D eigenvalue weighted by molar-refractivity contribution is 0.102. The Kier molecular flexibility index (Phi) is 6.99. The normalized spacial score (nSPS) is 12.9. The number of para-hydroxylation sites is 2. The number of anilines is 2. The number of carbonyl (C=O) groups is 1. The third-order valence-corrected chi connectivity index (χ3v) is 7.51. The van der Waals surface area contributed by atoms with Crippen LogP contribution in [0.15, 0.2) is 77.7 Å². The summed E-state index contributed by atoms with van der Waals surface area (Å²) < 4.78 is 33.6. The molecule has 0 spiro atoms. The van der Waals surface area contributed by atoms with E-state index in [0.29, 0.717) is 36.6 Å². The minimum absolute atomic E-state index is 0.192. The number of amides is 1. The molecule has 0 aliphatic carbocycles. The van der Waals surface area contributed by atoms with Gasteiger partial charge in [-0.05, 0) is 60.9 Å². The van der Waals surface area contributed by atoms with Gasteiger partial charge in [-0.1, -0.05) is 50.1 Å². The van der Waals surface area contributed by atoms with Gasteiger partial charge in [-0.15, -0.1) is 0 Å². The van der Waals surface area contributed by atoms with Crippen LogP contribution in [0.4, 0.5) is 11.4 Å². The highest BCUT2D eigenvalue weighted by Gasteiger charge is 2.30. The molecule has 0 bridgehead atoms. The monoisotopic (exact) mass is 464 g/mol. The predicted octanol–water partition coefficient (Wildman–Crippen LogP) is 5.26. The molecule has 0 saturated carbocycles. The topological polar surface area (TPSA) is 75.7 Å². The zero-order valence-electron chi connectivity index (χ0n) is 18.7. The van der Waals surface area contributed by atoms with Gasteiger partial charge in [-0.3, -0.25) is 9.10 Å². The van der Waals surface area contributed by atoms with Crippen molar-refractivity contribution in [2.45, 2.75) is 37.5 Å². The molecule has 1 N–H and O–H groups in total. The number of hydrogen-bond donors (Lipinski definition) is 1. The Morgan fingerprint density at radius 1 is 0.970 bits per heavy atom. The fraction of sp³-hybridized carbons (Fsp3) is 0.269. The first-order valence-corrected chi connectivity index (χ1v) is 12.7. The third kappa shape index (κ3) is 5.03. The minimum Gasteiger partial charge on any atom is -0.493 e. The van der Waals surface area contributed by atoms with Crippen LogP contribution in [-0.2, 0) is 16.4 Å². The quantitative estimate of drug-likeness (QED) is 0.438. The van der Waals surface area contributed by atoms with Gasteiger partial charge < -0.3 is 10.1 Å². The fourth-order valence-corrected chi connectivity index (χ4v) is 5.41. The second-order valence-electron chi connectivity index (χ2n) is 7.99. The van der Waals surface area contributed by atoms with Crippen molar-refractivity contribution in [2.24, 2.45) is 0 Å². The van der Waals surface area contributed by atoms with E-state index in [9.17, 15) is 13.2 Å². The molecular weight excluding hydrogens is 436 g/mol. The van der Waals surface area contributed by atoms with E-state index in [-0.39, 0.29) is 10.8 Å². The number of ether oxygens (including phenoxy) is 1. The Morgan fingerprint density at radius 3 is 2.48 bits per heavy atom. The molecule has 0 aromatic heterocycles. The molecular formula is C26H28N2O4S. The summed E-state index contributed by atoms with van der Waals surface area (Å²) in [5.74, 6) is 0.239. The third-order valence-electron chi connectivity index (χ3n) is 5.68. The average molecular weight is 465 g/mol. The summed E-state index contributed by atoms with van der Waals surface area (Å²) in [5.41, 5.74) is 2.71. The largest absolute Gasteiger partial charge is 0.493 e. The van der Waals surface area contributed by atoms with Crippen molar-refractivity contribution < 1.29 is 17.9 Å². The number of carbonyl (C=O) groups excluding carboxylic acids is 1. The number of benzene rings is 3. The van der Waals surface area contributed by atoms with Crippen LogP contribution in [0.1, 0.15) is 42.1 Å². The zero-order chi connectivity index (χ0) is 23.3. The van der Waals surface area contributed by atoms with E-state index in [0.717, 1.165) is 30.5 Å². The molecule has 4 rings (SSSR count). The molecule has 1 amide bonds. The molecule has 172 valence electrons. The van der Waals surface area contributed by atoms with Crippen LogP contribution in [0.3, 0.4) is 0 Å². The van der Waals surface area contributed by atoms with E-state index in [1.165, 1.54) is 16.4 Å². The molecule has 0 saturated heterocycles. The molecule has 3 aromatic carbocycles. The second-order valence-corrected chi connectivity index (χ2v) is 9.85. The maximum absolute atomic E-state index is 13.2. The van der Waals surface area contributed by atoms with E-state index in [1.807, 2.05) is 30.3 Å². The van der Waals surface area contributed by atoms with Crippen molar-refractivity contribution in [1.82, 2.24) is 0 Å². The number of unbranched alkanes of at least 4 members (excludes halogenated alkanes) is 2. The maximum atomic E-state index is 13.2. The van der Waals surface area contributed by atoms with Crippen LogP contribution in [0.25, 0.3) is 0 Å². The van der Waals surface area contributed by atoms with E-state index in [4.69, 9.17) is 4.74 Å². The van der Waals surface area contributed by atoms with Gasteiger partial charge in [0.05, 0.1) is 22.8 Å². The SMILES string of the molecule is CCCCCOc1ccccc1C(=O)Nc1ccc(S(=O)(=O)N2CCc3ccccc32)cc1. The van der Waals surface area contributed by atoms with Crippen molar-refractivity contribution in [3.63, 3.8) is 0 Å². The Bertz CT molecular complexity index is 1220. The van der Waals surface area contributed by atoms with E-state index in [2.05, 4.69) is 12.2 Å². The van der Waals surface area contributed by atoms with Gasteiger partial charge >= 0.3 is 0 Å². The number of hydrogen-bond acceptors (Lipinski definition) is 4. The average Bonchev–Trinajstić information content (AvgIpc) is 3.28. The molecule has 1 heterocycles. The standard InChI is InChI=1S/C26H28N2O4S/c1-2-3-8-19-32-25-12-7-5-10-23(25)26(29)27-21-13-15-22(16-14-21)33(30,31)28-18-17-20-9-4-6-11-24(20)28/h4-7,9-16H,2-3,8,17-19H2,1H3,(H,27,29). The minimum atomic E-state index is -3.67. The summed E-state index contributed by atoms with van der Waals surface area (Å²) in [6, 6.07) is 20.9. The van der Waals surface area contributed by atoms with Gasteiger partial charge in [0.25, 0.3) is 15.9 Å². The Balaban J connectivity index is 1.46. The summed E-state index contributed by atoms with van der Waals surface area (Å²) in [5, 5.41) is 2.84. The van der Waals surface area contributed by atoms with E-state index >= 15 is 0 Å². The molecule has 7 heteroatoms.